The molecule has 0 bridgehead atoms. The van der Waals surface area contributed by atoms with E-state index >= 15 is 4.39 Å². The molecule has 1 fully saturated rings. The Morgan fingerprint density at radius 1 is 1.08 bits per heavy atom. The van der Waals surface area contributed by atoms with Gasteiger partial charge >= 0.3 is 18.0 Å². The molecule has 4 rings (SSSR count). The smallest absolute Gasteiger partial charge is 0.414 e. The average molecular weight is 684 g/mol. The van der Waals surface area contributed by atoms with E-state index in [0.717, 1.165) is 0 Å². The van der Waals surface area contributed by atoms with Crippen LogP contribution in [0.3, 0.4) is 0 Å². The Balaban J connectivity index is 1.81. The summed E-state index contributed by atoms with van der Waals surface area (Å²) >= 11 is 0. The summed E-state index contributed by atoms with van der Waals surface area (Å²) in [6, 6.07) is 11.4. The van der Waals surface area contributed by atoms with Crippen LogP contribution in [0.4, 0.5) is 14.9 Å². The van der Waals surface area contributed by atoms with Crippen LogP contribution < -0.4 is 9.64 Å². The lowest BCUT2D eigenvalue weighted by Gasteiger charge is -2.27. The molecule has 2 aliphatic rings. The van der Waals surface area contributed by atoms with Gasteiger partial charge in [-0.3, -0.25) is 4.90 Å². The molecule has 0 radical (unpaired) electrons. The summed E-state index contributed by atoms with van der Waals surface area (Å²) in [6.45, 7) is 11.8. The predicted molar refractivity (Wildman–Crippen MR) is 180 cm³/mol. The molecule has 0 aliphatic carbocycles. The van der Waals surface area contributed by atoms with E-state index in [0.29, 0.717) is 11.3 Å². The lowest BCUT2D eigenvalue weighted by Crippen LogP contribution is -2.39. The number of cyclic esters (lactones) is 1. The summed E-state index contributed by atoms with van der Waals surface area (Å²) in [5.41, 5.74) is 0.306. The van der Waals surface area contributed by atoms with Crippen molar-refractivity contribution in [3.63, 3.8) is 0 Å². The van der Waals surface area contributed by atoms with Gasteiger partial charge < -0.3 is 33.2 Å². The zero-order valence-corrected chi connectivity index (χ0v) is 29.5. The fourth-order valence-electron chi connectivity index (χ4n) is 5.32. The summed E-state index contributed by atoms with van der Waals surface area (Å²) in [5.74, 6) is -3.94. The zero-order valence-electron chi connectivity index (χ0n) is 29.5. The third-order valence-corrected chi connectivity index (χ3v) is 7.86. The molecule has 266 valence electrons. The SMILES string of the molecule is COCOc1cc(N(C)C(=O)OC(C)(C)C)cc2c1C(=O)O[C@@H](C)[C@H](C)C=C(F)C(OC(=O)c1ccccc1)C1OC(C)(C)OC1CC=C2. The lowest BCUT2D eigenvalue weighted by atomic mass is 9.97. The van der Waals surface area contributed by atoms with Crippen molar-refractivity contribution < 1.29 is 51.9 Å². The molecule has 2 heterocycles. The van der Waals surface area contributed by atoms with Crippen molar-refractivity contribution in [2.24, 2.45) is 5.92 Å². The molecule has 0 saturated carbocycles. The number of hydrogen-bond donors (Lipinski definition) is 0. The maximum atomic E-state index is 16.2. The Labute approximate surface area is 286 Å². The lowest BCUT2D eigenvalue weighted by molar-refractivity contribution is -0.154. The molecule has 0 spiro atoms. The summed E-state index contributed by atoms with van der Waals surface area (Å²) in [5, 5.41) is 0. The number of anilines is 1. The van der Waals surface area contributed by atoms with Crippen molar-refractivity contribution in [2.45, 2.75) is 90.7 Å². The predicted octanol–water partition coefficient (Wildman–Crippen LogP) is 7.24. The van der Waals surface area contributed by atoms with E-state index in [9.17, 15) is 14.4 Å². The number of nitrogens with zero attached hydrogens (tertiary/aromatic N) is 1. The van der Waals surface area contributed by atoms with E-state index < -0.39 is 65.6 Å². The van der Waals surface area contributed by atoms with Crippen LogP contribution in [0, 0.1) is 5.92 Å². The van der Waals surface area contributed by atoms with Gasteiger partial charge in [0.1, 0.15) is 34.9 Å². The Morgan fingerprint density at radius 3 is 2.43 bits per heavy atom. The zero-order chi connectivity index (χ0) is 36.1. The molecule has 3 unspecified atom stereocenters. The molecule has 49 heavy (non-hydrogen) atoms. The van der Waals surface area contributed by atoms with Crippen LogP contribution in [0.25, 0.3) is 6.08 Å². The molecule has 0 aromatic heterocycles. The Morgan fingerprint density at radius 2 is 1.78 bits per heavy atom. The van der Waals surface area contributed by atoms with Gasteiger partial charge in [-0.05, 0) is 77.8 Å². The molecular weight excluding hydrogens is 637 g/mol. The van der Waals surface area contributed by atoms with Crippen molar-refractivity contribution >= 4 is 29.8 Å². The van der Waals surface area contributed by atoms with E-state index in [1.807, 2.05) is 0 Å². The number of rotatable bonds is 6. The molecular formula is C37H46FNO10. The highest BCUT2D eigenvalue weighted by Gasteiger charge is 2.48. The molecule has 0 N–H and O–H groups in total. The fourth-order valence-corrected chi connectivity index (χ4v) is 5.32. The van der Waals surface area contributed by atoms with Crippen LogP contribution in [0.5, 0.6) is 5.75 Å². The summed E-state index contributed by atoms with van der Waals surface area (Å²) in [4.78, 5) is 41.3. The molecule has 2 aromatic rings. The van der Waals surface area contributed by atoms with E-state index in [1.165, 1.54) is 24.2 Å². The van der Waals surface area contributed by atoms with Gasteiger partial charge in [0.2, 0.25) is 0 Å². The molecule has 2 aliphatic heterocycles. The summed E-state index contributed by atoms with van der Waals surface area (Å²) < 4.78 is 56.7. The van der Waals surface area contributed by atoms with Crippen LogP contribution in [0.2, 0.25) is 0 Å². The fraction of sp³-hybridized carbons (Fsp3) is 0.486. The first-order valence-corrected chi connectivity index (χ1v) is 16.1. The highest BCUT2D eigenvalue weighted by atomic mass is 19.1. The van der Waals surface area contributed by atoms with Crippen molar-refractivity contribution in [1.82, 2.24) is 0 Å². The molecule has 1 amide bonds. The second-order valence-corrected chi connectivity index (χ2v) is 13.5. The van der Waals surface area contributed by atoms with Crippen LogP contribution in [0.1, 0.15) is 81.2 Å². The third-order valence-electron chi connectivity index (χ3n) is 7.86. The van der Waals surface area contributed by atoms with Crippen LogP contribution >= 0.6 is 0 Å². The first-order valence-electron chi connectivity index (χ1n) is 16.1. The number of halogens is 1. The van der Waals surface area contributed by atoms with Crippen LogP contribution in [-0.4, -0.2) is 74.8 Å². The molecule has 1 saturated heterocycles. The maximum absolute atomic E-state index is 16.2. The van der Waals surface area contributed by atoms with Gasteiger partial charge in [0, 0.05) is 26.1 Å². The van der Waals surface area contributed by atoms with E-state index in [4.69, 9.17) is 33.2 Å². The topological polar surface area (TPSA) is 119 Å². The number of fused-ring (bicyclic) bond motifs is 2. The highest BCUT2D eigenvalue weighted by molar-refractivity contribution is 5.99. The van der Waals surface area contributed by atoms with E-state index in [1.54, 1.807) is 104 Å². The van der Waals surface area contributed by atoms with Gasteiger partial charge in [0.05, 0.1) is 17.4 Å². The van der Waals surface area contributed by atoms with Gasteiger partial charge in [-0.25, -0.2) is 18.8 Å². The van der Waals surface area contributed by atoms with Gasteiger partial charge in [0.15, 0.2) is 18.7 Å². The quantitative estimate of drug-likeness (QED) is 0.175. The minimum Gasteiger partial charge on any atom is -0.467 e. The number of methoxy groups -OCH3 is 1. The molecule has 5 atom stereocenters. The number of benzene rings is 2. The second kappa shape index (κ2) is 15.5. The largest absolute Gasteiger partial charge is 0.467 e. The number of amides is 1. The number of hydrogen-bond acceptors (Lipinski definition) is 10. The maximum Gasteiger partial charge on any atom is 0.414 e. The average Bonchev–Trinajstić information content (AvgIpc) is 3.34. The number of carbonyl (C=O) groups excluding carboxylic acids is 3. The van der Waals surface area contributed by atoms with Gasteiger partial charge in [0.25, 0.3) is 0 Å². The Bertz CT molecular complexity index is 1560. The van der Waals surface area contributed by atoms with Crippen LogP contribution in [0.15, 0.2) is 60.4 Å². The Kier molecular flexibility index (Phi) is 11.9. The monoisotopic (exact) mass is 683 g/mol. The highest BCUT2D eigenvalue weighted by Crippen LogP contribution is 2.38. The molecule has 2 aromatic carbocycles. The Hall–Kier alpha value is -4.26. The minimum absolute atomic E-state index is 0.0744. The first kappa shape index (κ1) is 37.6. The van der Waals surface area contributed by atoms with Crippen molar-refractivity contribution in [1.29, 1.82) is 0 Å². The second-order valence-electron chi connectivity index (χ2n) is 13.5. The standard InChI is InChI=1S/C37H46FNO10/c1-22-18-27(38)31(46-33(40)24-14-11-10-12-15-24)32-28(47-37(6,7)48-32)17-13-16-25-19-26(39(8)35(42)49-36(3,4)5)20-29(44-21-43-9)30(25)34(41)45-23(22)2/h10-16,18-20,22-23,28,31-32H,17,21H2,1-9H3/t22-,23+,28?,31?,32?/m1/s1. The molecule has 11 nitrogen and oxygen atoms in total. The number of ether oxygens (including phenoxy) is 7. The van der Waals surface area contributed by atoms with Crippen molar-refractivity contribution in [2.75, 3.05) is 25.9 Å². The van der Waals surface area contributed by atoms with Gasteiger partial charge in [-0.1, -0.05) is 37.3 Å². The van der Waals surface area contributed by atoms with Crippen molar-refractivity contribution in [3.8, 4) is 5.75 Å². The molecule has 12 heteroatoms. The van der Waals surface area contributed by atoms with Gasteiger partial charge in [-0.2, -0.15) is 0 Å². The first-order chi connectivity index (χ1) is 23.0. The van der Waals surface area contributed by atoms with Crippen LogP contribution in [-0.2, 0) is 28.4 Å². The summed E-state index contributed by atoms with van der Waals surface area (Å²) in [7, 11) is 2.98. The third kappa shape index (κ3) is 9.68. The van der Waals surface area contributed by atoms with Crippen molar-refractivity contribution in [3.05, 3.63) is 77.1 Å². The van der Waals surface area contributed by atoms with E-state index in [2.05, 4.69) is 0 Å². The summed E-state index contributed by atoms with van der Waals surface area (Å²) in [6.07, 6.45) is 0.104. The number of carbonyl (C=O) groups is 3. The number of esters is 2. The van der Waals surface area contributed by atoms with E-state index in [-0.39, 0.29) is 30.1 Å². The normalized spacial score (nSPS) is 24.0. The minimum atomic E-state index is -1.46. The van der Waals surface area contributed by atoms with Gasteiger partial charge in [-0.15, -0.1) is 0 Å².